The third-order valence-electron chi connectivity index (χ3n) is 1.81. The molecule has 0 bridgehead atoms. The van der Waals surface area contributed by atoms with E-state index in [1.807, 2.05) is 0 Å². The van der Waals surface area contributed by atoms with E-state index in [2.05, 4.69) is 0 Å². The molecule has 1 aliphatic rings. The van der Waals surface area contributed by atoms with Gasteiger partial charge in [-0.2, -0.15) is 0 Å². The quantitative estimate of drug-likeness (QED) is 0.539. The van der Waals surface area contributed by atoms with Gasteiger partial charge in [0, 0.05) is 13.5 Å². The van der Waals surface area contributed by atoms with E-state index in [4.69, 9.17) is 5.73 Å². The first-order chi connectivity index (χ1) is 4.93. The molecule has 1 atom stereocenters. The number of hydrogen-bond donors (Lipinski definition) is 1. The Labute approximate surface area is 63.2 Å². The molecular formula is C6H10F2N2O. The van der Waals surface area contributed by atoms with E-state index in [0.717, 1.165) is 4.90 Å². The molecule has 1 aliphatic heterocycles. The fraction of sp³-hybridized carbons (Fsp3) is 0.833. The molecule has 0 saturated carbocycles. The van der Waals surface area contributed by atoms with E-state index >= 15 is 0 Å². The summed E-state index contributed by atoms with van der Waals surface area (Å²) >= 11 is 0. The number of likely N-dealkylation sites (tertiary alicyclic amines) is 1. The van der Waals surface area contributed by atoms with E-state index in [0.29, 0.717) is 0 Å². The molecule has 5 heteroatoms. The van der Waals surface area contributed by atoms with Crippen LogP contribution in [0.1, 0.15) is 6.92 Å². The number of carbonyl (C=O) groups is 1. The molecule has 64 valence electrons. The highest BCUT2D eigenvalue weighted by molar-refractivity contribution is 5.73. The number of alkyl halides is 2. The van der Waals surface area contributed by atoms with Crippen molar-refractivity contribution in [3.05, 3.63) is 0 Å². The maximum atomic E-state index is 12.6. The van der Waals surface area contributed by atoms with Gasteiger partial charge in [-0.05, 0) is 0 Å². The lowest BCUT2D eigenvalue weighted by molar-refractivity contribution is -0.129. The predicted molar refractivity (Wildman–Crippen MR) is 35.2 cm³/mol. The SMILES string of the molecule is CC(=O)N1C[C@@H](N)C(F)(F)C1. The number of carbonyl (C=O) groups excluding carboxylic acids is 1. The Balaban J connectivity index is 2.64. The van der Waals surface area contributed by atoms with Crippen molar-refractivity contribution >= 4 is 5.91 Å². The second kappa shape index (κ2) is 2.41. The third-order valence-corrected chi connectivity index (χ3v) is 1.81. The number of nitrogens with zero attached hydrogens (tertiary/aromatic N) is 1. The average Bonchev–Trinajstić information content (AvgIpc) is 2.08. The summed E-state index contributed by atoms with van der Waals surface area (Å²) in [6.07, 6.45) is 0. The molecule has 1 heterocycles. The van der Waals surface area contributed by atoms with Crippen LogP contribution >= 0.6 is 0 Å². The van der Waals surface area contributed by atoms with Crippen LogP contribution in [0.2, 0.25) is 0 Å². The zero-order chi connectivity index (χ0) is 8.65. The van der Waals surface area contributed by atoms with Gasteiger partial charge in [0.1, 0.15) is 0 Å². The van der Waals surface area contributed by atoms with Crippen molar-refractivity contribution in [3.63, 3.8) is 0 Å². The van der Waals surface area contributed by atoms with Crippen LogP contribution in [-0.4, -0.2) is 35.9 Å². The standard InChI is InChI=1S/C6H10F2N2O/c1-4(11)10-2-5(9)6(7,8)3-10/h5H,2-3,9H2,1H3/t5-/m1/s1. The minimum atomic E-state index is -2.91. The summed E-state index contributed by atoms with van der Waals surface area (Å²) in [7, 11) is 0. The lowest BCUT2D eigenvalue weighted by Crippen LogP contribution is -2.38. The van der Waals surface area contributed by atoms with E-state index in [-0.39, 0.29) is 12.5 Å². The van der Waals surface area contributed by atoms with Gasteiger partial charge in [0.05, 0.1) is 12.6 Å². The molecule has 0 spiro atoms. The van der Waals surface area contributed by atoms with Gasteiger partial charge in [-0.1, -0.05) is 0 Å². The van der Waals surface area contributed by atoms with Crippen LogP contribution < -0.4 is 5.73 Å². The first-order valence-electron chi connectivity index (χ1n) is 3.32. The van der Waals surface area contributed by atoms with Crippen molar-refractivity contribution in [1.29, 1.82) is 0 Å². The number of rotatable bonds is 0. The normalized spacial score (nSPS) is 29.1. The number of nitrogens with two attached hydrogens (primary N) is 1. The van der Waals surface area contributed by atoms with Gasteiger partial charge >= 0.3 is 0 Å². The second-order valence-electron chi connectivity index (χ2n) is 2.77. The highest BCUT2D eigenvalue weighted by Gasteiger charge is 2.46. The van der Waals surface area contributed by atoms with Crippen molar-refractivity contribution in [2.24, 2.45) is 5.73 Å². The minimum absolute atomic E-state index is 0.0394. The van der Waals surface area contributed by atoms with Crippen LogP contribution in [0.4, 0.5) is 8.78 Å². The topological polar surface area (TPSA) is 46.3 Å². The second-order valence-corrected chi connectivity index (χ2v) is 2.77. The summed E-state index contributed by atoms with van der Waals surface area (Å²) in [5, 5.41) is 0. The summed E-state index contributed by atoms with van der Waals surface area (Å²) < 4.78 is 25.3. The molecule has 1 amide bonds. The Morgan fingerprint density at radius 1 is 1.73 bits per heavy atom. The van der Waals surface area contributed by atoms with E-state index in [1.54, 1.807) is 0 Å². The van der Waals surface area contributed by atoms with E-state index in [9.17, 15) is 13.6 Å². The zero-order valence-corrected chi connectivity index (χ0v) is 6.18. The first-order valence-corrected chi connectivity index (χ1v) is 3.32. The largest absolute Gasteiger partial charge is 0.335 e. The monoisotopic (exact) mass is 164 g/mol. The van der Waals surface area contributed by atoms with Gasteiger partial charge in [0.25, 0.3) is 5.92 Å². The summed E-state index contributed by atoms with van der Waals surface area (Å²) in [5.74, 6) is -3.26. The molecular weight excluding hydrogens is 154 g/mol. The van der Waals surface area contributed by atoms with Gasteiger partial charge < -0.3 is 10.6 Å². The van der Waals surface area contributed by atoms with Crippen LogP contribution in [0.3, 0.4) is 0 Å². The Kier molecular flexibility index (Phi) is 1.83. The van der Waals surface area contributed by atoms with Crippen LogP contribution in [0.25, 0.3) is 0 Å². The van der Waals surface area contributed by atoms with E-state index < -0.39 is 18.5 Å². The summed E-state index contributed by atoms with van der Waals surface area (Å²) in [6.45, 7) is 0.681. The molecule has 1 fully saturated rings. The fourth-order valence-electron chi connectivity index (χ4n) is 1.05. The minimum Gasteiger partial charge on any atom is -0.335 e. The van der Waals surface area contributed by atoms with Crippen molar-refractivity contribution < 1.29 is 13.6 Å². The number of halogens is 2. The van der Waals surface area contributed by atoms with Gasteiger partial charge in [-0.15, -0.1) is 0 Å². The van der Waals surface area contributed by atoms with Gasteiger partial charge in [-0.25, -0.2) is 8.78 Å². The predicted octanol–water partition coefficient (Wildman–Crippen LogP) is -0.189. The molecule has 0 aromatic carbocycles. The van der Waals surface area contributed by atoms with Gasteiger partial charge in [-0.3, -0.25) is 4.79 Å². The van der Waals surface area contributed by atoms with Crippen molar-refractivity contribution in [1.82, 2.24) is 4.90 Å². The molecule has 1 saturated heterocycles. The number of amides is 1. The van der Waals surface area contributed by atoms with Gasteiger partial charge in [0.2, 0.25) is 5.91 Å². The molecule has 0 aromatic rings. The van der Waals surface area contributed by atoms with Crippen LogP contribution in [0.15, 0.2) is 0 Å². The summed E-state index contributed by atoms with van der Waals surface area (Å²) in [6, 6.07) is -1.20. The maximum absolute atomic E-state index is 12.6. The Hall–Kier alpha value is -0.710. The van der Waals surface area contributed by atoms with Crippen molar-refractivity contribution in [2.75, 3.05) is 13.1 Å². The lowest BCUT2D eigenvalue weighted by Gasteiger charge is -2.12. The Morgan fingerprint density at radius 3 is 2.45 bits per heavy atom. The summed E-state index contributed by atoms with van der Waals surface area (Å²) in [4.78, 5) is 11.7. The smallest absolute Gasteiger partial charge is 0.281 e. The molecule has 0 unspecified atom stereocenters. The highest BCUT2D eigenvalue weighted by Crippen LogP contribution is 2.25. The first kappa shape index (κ1) is 8.39. The van der Waals surface area contributed by atoms with Crippen LogP contribution in [0, 0.1) is 0 Å². The molecule has 3 nitrogen and oxygen atoms in total. The highest BCUT2D eigenvalue weighted by atomic mass is 19.3. The van der Waals surface area contributed by atoms with Crippen LogP contribution in [-0.2, 0) is 4.79 Å². The molecule has 11 heavy (non-hydrogen) atoms. The molecule has 0 aliphatic carbocycles. The Morgan fingerprint density at radius 2 is 2.27 bits per heavy atom. The molecule has 1 rings (SSSR count). The lowest BCUT2D eigenvalue weighted by atomic mass is 10.2. The maximum Gasteiger partial charge on any atom is 0.281 e. The molecule has 0 radical (unpaired) electrons. The van der Waals surface area contributed by atoms with Crippen molar-refractivity contribution in [2.45, 2.75) is 18.9 Å². The summed E-state index contributed by atoms with van der Waals surface area (Å²) in [5.41, 5.74) is 5.10. The van der Waals surface area contributed by atoms with Gasteiger partial charge in [0.15, 0.2) is 0 Å². The molecule has 2 N–H and O–H groups in total. The van der Waals surface area contributed by atoms with Crippen LogP contribution in [0.5, 0.6) is 0 Å². The third kappa shape index (κ3) is 1.48. The zero-order valence-electron chi connectivity index (χ0n) is 6.18. The van der Waals surface area contributed by atoms with E-state index in [1.165, 1.54) is 6.92 Å². The average molecular weight is 164 g/mol. The van der Waals surface area contributed by atoms with Crippen molar-refractivity contribution in [3.8, 4) is 0 Å². The molecule has 0 aromatic heterocycles. The fourth-order valence-corrected chi connectivity index (χ4v) is 1.05. The number of hydrogen-bond acceptors (Lipinski definition) is 2. The Bertz CT molecular complexity index is 183.